The number of hydrogen-bond donors (Lipinski definition) is 1. The van der Waals surface area contributed by atoms with Gasteiger partial charge in [-0.1, -0.05) is 44.2 Å². The fourth-order valence-electron chi connectivity index (χ4n) is 0.956. The van der Waals surface area contributed by atoms with E-state index in [1.54, 1.807) is 0 Å². The number of rotatable bonds is 6. The van der Waals surface area contributed by atoms with Crippen LogP contribution in [0.3, 0.4) is 0 Å². The summed E-state index contributed by atoms with van der Waals surface area (Å²) in [5.41, 5.74) is 1.61. The molecule has 0 bridgehead atoms. The number of benzene rings is 1. The molecule has 0 fully saturated rings. The van der Waals surface area contributed by atoms with E-state index < -0.39 is 0 Å². The van der Waals surface area contributed by atoms with E-state index in [-0.39, 0.29) is 12.5 Å². The molecule has 1 N–H and O–H groups in total. The van der Waals surface area contributed by atoms with E-state index in [1.165, 1.54) is 0 Å². The van der Waals surface area contributed by atoms with Crippen molar-refractivity contribution >= 4 is 5.71 Å². The average molecular weight is 207 g/mol. The van der Waals surface area contributed by atoms with Gasteiger partial charge in [-0.05, 0) is 11.5 Å². The van der Waals surface area contributed by atoms with Crippen LogP contribution in [0.2, 0.25) is 0 Å². The topological polar surface area (TPSA) is 42.3 Å². The summed E-state index contributed by atoms with van der Waals surface area (Å²) in [5, 5.41) is 7.52. The van der Waals surface area contributed by atoms with Gasteiger partial charge in [0, 0.05) is 5.71 Å². The highest BCUT2D eigenvalue weighted by Gasteiger charge is 2.02. The lowest BCUT2D eigenvalue weighted by molar-refractivity contribution is -0.293. The lowest BCUT2D eigenvalue weighted by Crippen LogP contribution is -2.14. The van der Waals surface area contributed by atoms with E-state index in [0.29, 0.717) is 12.3 Å². The van der Waals surface area contributed by atoms with E-state index in [9.17, 15) is 0 Å². The third-order valence-electron chi connectivity index (χ3n) is 2.06. The maximum atomic E-state index is 7.52. The lowest BCUT2D eigenvalue weighted by Gasteiger charge is -2.07. The van der Waals surface area contributed by atoms with Crippen molar-refractivity contribution in [1.82, 2.24) is 0 Å². The summed E-state index contributed by atoms with van der Waals surface area (Å²) in [6, 6.07) is 9.80. The molecule has 0 aliphatic rings. The van der Waals surface area contributed by atoms with Gasteiger partial charge in [0.2, 0.25) is 0 Å². The zero-order chi connectivity index (χ0) is 11.1. The van der Waals surface area contributed by atoms with Crippen LogP contribution in [0.1, 0.15) is 19.4 Å². The molecule has 0 aliphatic carbocycles. The monoisotopic (exact) mass is 207 g/mol. The summed E-state index contributed by atoms with van der Waals surface area (Å²) in [7, 11) is 0. The van der Waals surface area contributed by atoms with Crippen molar-refractivity contribution < 1.29 is 9.78 Å². The molecule has 0 heterocycles. The van der Waals surface area contributed by atoms with Crippen molar-refractivity contribution in [1.29, 1.82) is 5.41 Å². The second-order valence-electron chi connectivity index (χ2n) is 3.69. The summed E-state index contributed by atoms with van der Waals surface area (Å²) in [6.45, 7) is 4.59. The molecule has 0 unspecified atom stereocenters. The molecule has 3 heteroatoms. The van der Waals surface area contributed by atoms with Crippen LogP contribution in [0.25, 0.3) is 0 Å². The van der Waals surface area contributed by atoms with Crippen molar-refractivity contribution in [2.24, 2.45) is 5.92 Å². The molecule has 1 aromatic rings. The Hall–Kier alpha value is -1.19. The van der Waals surface area contributed by atoms with Crippen LogP contribution in [0.5, 0.6) is 0 Å². The van der Waals surface area contributed by atoms with Crippen LogP contribution >= 0.6 is 0 Å². The molecule has 15 heavy (non-hydrogen) atoms. The minimum Gasteiger partial charge on any atom is -0.307 e. The van der Waals surface area contributed by atoms with E-state index >= 15 is 0 Å². The Morgan fingerprint density at radius 1 is 1.20 bits per heavy atom. The SMILES string of the molecule is CC(C)C(=N)COOCc1ccccc1. The Labute approximate surface area is 90.5 Å². The first-order valence-electron chi connectivity index (χ1n) is 5.06. The van der Waals surface area contributed by atoms with Gasteiger partial charge in [-0.2, -0.15) is 0 Å². The van der Waals surface area contributed by atoms with Crippen molar-refractivity contribution in [2.45, 2.75) is 20.5 Å². The third kappa shape index (κ3) is 4.72. The Bertz CT molecular complexity index is 296. The van der Waals surface area contributed by atoms with Crippen LogP contribution in [-0.4, -0.2) is 12.3 Å². The predicted molar refractivity (Wildman–Crippen MR) is 59.7 cm³/mol. The minimum absolute atomic E-state index is 0.213. The first-order chi connectivity index (χ1) is 7.20. The largest absolute Gasteiger partial charge is 0.307 e. The first-order valence-corrected chi connectivity index (χ1v) is 5.06. The lowest BCUT2D eigenvalue weighted by atomic mass is 10.1. The Kier molecular flexibility index (Phi) is 5.01. The van der Waals surface area contributed by atoms with Gasteiger partial charge in [0.05, 0.1) is 0 Å². The number of nitrogens with one attached hydrogen (secondary N) is 1. The molecule has 0 radical (unpaired) electrons. The highest BCUT2D eigenvalue weighted by atomic mass is 17.2. The summed E-state index contributed by atoms with van der Waals surface area (Å²) >= 11 is 0. The summed E-state index contributed by atoms with van der Waals surface area (Å²) in [6.07, 6.45) is 0. The molecule has 0 aliphatic heterocycles. The van der Waals surface area contributed by atoms with Crippen LogP contribution in [0.4, 0.5) is 0 Å². The average Bonchev–Trinajstić information content (AvgIpc) is 2.25. The van der Waals surface area contributed by atoms with Gasteiger partial charge >= 0.3 is 0 Å². The van der Waals surface area contributed by atoms with E-state index in [4.69, 9.17) is 15.2 Å². The van der Waals surface area contributed by atoms with Gasteiger partial charge in [0.25, 0.3) is 0 Å². The van der Waals surface area contributed by atoms with Crippen LogP contribution in [0, 0.1) is 11.3 Å². The maximum absolute atomic E-state index is 7.52. The molecule has 0 atom stereocenters. The standard InChI is InChI=1S/C12H17NO2/c1-10(2)12(13)9-15-14-8-11-6-4-3-5-7-11/h3-7,10,13H,8-9H2,1-2H3. The van der Waals surface area contributed by atoms with Crippen molar-refractivity contribution in [3.05, 3.63) is 35.9 Å². The zero-order valence-electron chi connectivity index (χ0n) is 9.19. The maximum Gasteiger partial charge on any atom is 0.120 e. The smallest absolute Gasteiger partial charge is 0.120 e. The van der Waals surface area contributed by atoms with Gasteiger partial charge < -0.3 is 5.41 Å². The van der Waals surface area contributed by atoms with Gasteiger partial charge in [0.1, 0.15) is 13.2 Å². The zero-order valence-corrected chi connectivity index (χ0v) is 9.19. The first kappa shape index (κ1) is 11.9. The molecule has 0 aromatic heterocycles. The molecule has 0 spiro atoms. The third-order valence-corrected chi connectivity index (χ3v) is 2.06. The molecule has 0 amide bonds. The van der Waals surface area contributed by atoms with Crippen LogP contribution < -0.4 is 0 Å². The van der Waals surface area contributed by atoms with Gasteiger partial charge in [-0.3, -0.25) is 0 Å². The number of hydrogen-bond acceptors (Lipinski definition) is 3. The van der Waals surface area contributed by atoms with Crippen LogP contribution in [-0.2, 0) is 16.4 Å². The molecule has 0 saturated carbocycles. The minimum atomic E-state index is 0.213. The Balaban J connectivity index is 2.15. The normalized spacial score (nSPS) is 10.6. The highest BCUT2D eigenvalue weighted by Crippen LogP contribution is 2.01. The summed E-state index contributed by atoms with van der Waals surface area (Å²) < 4.78 is 0. The second kappa shape index (κ2) is 6.32. The van der Waals surface area contributed by atoms with Crippen molar-refractivity contribution in [3.8, 4) is 0 Å². The van der Waals surface area contributed by atoms with E-state index in [2.05, 4.69) is 0 Å². The predicted octanol–water partition coefficient (Wildman–Crippen LogP) is 2.81. The molecule has 1 rings (SSSR count). The molecule has 1 aromatic carbocycles. The van der Waals surface area contributed by atoms with Gasteiger partial charge in [-0.15, -0.1) is 0 Å². The van der Waals surface area contributed by atoms with Gasteiger partial charge in [-0.25, -0.2) is 9.78 Å². The van der Waals surface area contributed by atoms with Crippen molar-refractivity contribution in [2.75, 3.05) is 6.61 Å². The molecule has 0 saturated heterocycles. The van der Waals surface area contributed by atoms with Crippen LogP contribution in [0.15, 0.2) is 30.3 Å². The van der Waals surface area contributed by atoms with Gasteiger partial charge in [0.15, 0.2) is 0 Å². The fourth-order valence-corrected chi connectivity index (χ4v) is 0.956. The summed E-state index contributed by atoms with van der Waals surface area (Å²) in [4.78, 5) is 9.94. The Morgan fingerprint density at radius 2 is 1.87 bits per heavy atom. The molecule has 82 valence electrons. The van der Waals surface area contributed by atoms with E-state index in [0.717, 1.165) is 5.56 Å². The molecular weight excluding hydrogens is 190 g/mol. The highest BCUT2D eigenvalue weighted by molar-refractivity contribution is 5.84. The Morgan fingerprint density at radius 3 is 2.47 bits per heavy atom. The van der Waals surface area contributed by atoms with Crippen molar-refractivity contribution in [3.63, 3.8) is 0 Å². The molecule has 3 nitrogen and oxygen atoms in total. The summed E-state index contributed by atoms with van der Waals surface area (Å²) in [5.74, 6) is 0.213. The molecular formula is C12H17NO2. The fraction of sp³-hybridized carbons (Fsp3) is 0.417. The quantitative estimate of drug-likeness (QED) is 0.337. The van der Waals surface area contributed by atoms with E-state index in [1.807, 2.05) is 44.2 Å². The second-order valence-corrected chi connectivity index (χ2v) is 3.69.